The molecule has 2 rings (SSSR count). The molecule has 0 fully saturated rings. The zero-order valence-electron chi connectivity index (χ0n) is 12.1. The summed E-state index contributed by atoms with van der Waals surface area (Å²) in [5.74, 6) is -0.486. The van der Waals surface area contributed by atoms with Crippen LogP contribution in [0.2, 0.25) is 10.0 Å². The standard InChI is InChI=1S/C15H11Cl2N5O/c1-10-8-13(15(23)21(6-4-18)7-5-19)20-22(10)14-3-2-11(16)9-12(14)17/h2-3,8-9H,6-7H2,1H3. The van der Waals surface area contributed by atoms with Gasteiger partial charge < -0.3 is 4.90 Å². The third-order valence-electron chi connectivity index (χ3n) is 3.05. The molecule has 0 saturated carbocycles. The molecule has 0 saturated heterocycles. The van der Waals surface area contributed by atoms with Crippen molar-refractivity contribution in [3.8, 4) is 17.8 Å². The van der Waals surface area contributed by atoms with E-state index in [2.05, 4.69) is 5.10 Å². The normalized spacial score (nSPS) is 9.96. The number of halogens is 2. The molecule has 2 aromatic rings. The number of aromatic nitrogens is 2. The Morgan fingerprint density at radius 3 is 2.48 bits per heavy atom. The number of carbonyl (C=O) groups excluding carboxylic acids is 1. The smallest absolute Gasteiger partial charge is 0.276 e. The number of carbonyl (C=O) groups is 1. The Bertz CT molecular complexity index is 815. The molecule has 0 atom stereocenters. The third-order valence-corrected chi connectivity index (χ3v) is 3.59. The Morgan fingerprint density at radius 1 is 1.26 bits per heavy atom. The molecular weight excluding hydrogens is 337 g/mol. The number of amides is 1. The highest BCUT2D eigenvalue weighted by molar-refractivity contribution is 6.35. The molecule has 0 aliphatic rings. The lowest BCUT2D eigenvalue weighted by atomic mass is 10.3. The number of rotatable bonds is 4. The summed E-state index contributed by atoms with van der Waals surface area (Å²) in [6.07, 6.45) is 0. The van der Waals surface area contributed by atoms with Gasteiger partial charge in [0.25, 0.3) is 5.91 Å². The van der Waals surface area contributed by atoms with Crippen molar-refractivity contribution in [3.05, 3.63) is 45.7 Å². The van der Waals surface area contributed by atoms with E-state index in [1.165, 1.54) is 4.68 Å². The predicted molar refractivity (Wildman–Crippen MR) is 85.5 cm³/mol. The largest absolute Gasteiger partial charge is 0.311 e. The number of nitriles is 2. The fraction of sp³-hybridized carbons (Fsp3) is 0.200. The van der Waals surface area contributed by atoms with E-state index in [9.17, 15) is 4.79 Å². The van der Waals surface area contributed by atoms with Gasteiger partial charge >= 0.3 is 0 Å². The van der Waals surface area contributed by atoms with Crippen LogP contribution in [-0.2, 0) is 0 Å². The van der Waals surface area contributed by atoms with Crippen molar-refractivity contribution in [1.29, 1.82) is 10.5 Å². The molecule has 0 unspecified atom stereocenters. The van der Waals surface area contributed by atoms with Gasteiger partial charge in [0.1, 0.15) is 13.1 Å². The van der Waals surface area contributed by atoms with Crippen molar-refractivity contribution in [2.75, 3.05) is 13.1 Å². The van der Waals surface area contributed by atoms with E-state index >= 15 is 0 Å². The number of nitrogens with zero attached hydrogens (tertiary/aromatic N) is 5. The molecule has 8 heteroatoms. The van der Waals surface area contributed by atoms with Crippen LogP contribution in [0.5, 0.6) is 0 Å². The summed E-state index contributed by atoms with van der Waals surface area (Å²) in [6, 6.07) is 10.2. The van der Waals surface area contributed by atoms with E-state index in [0.717, 1.165) is 4.90 Å². The zero-order chi connectivity index (χ0) is 17.0. The van der Waals surface area contributed by atoms with Gasteiger partial charge in [0.05, 0.1) is 22.8 Å². The minimum atomic E-state index is -0.486. The van der Waals surface area contributed by atoms with Crippen LogP contribution in [0, 0.1) is 29.6 Å². The topological polar surface area (TPSA) is 85.7 Å². The van der Waals surface area contributed by atoms with Gasteiger partial charge in [0.2, 0.25) is 0 Å². The fourth-order valence-electron chi connectivity index (χ4n) is 2.01. The molecule has 0 spiro atoms. The van der Waals surface area contributed by atoms with Gasteiger partial charge in [-0.1, -0.05) is 23.2 Å². The highest BCUT2D eigenvalue weighted by atomic mass is 35.5. The van der Waals surface area contributed by atoms with Gasteiger partial charge in [0.15, 0.2) is 5.69 Å². The second-order valence-corrected chi connectivity index (χ2v) is 5.50. The van der Waals surface area contributed by atoms with Crippen molar-refractivity contribution in [1.82, 2.24) is 14.7 Å². The van der Waals surface area contributed by atoms with Crippen molar-refractivity contribution < 1.29 is 4.79 Å². The molecule has 1 amide bonds. The fourth-order valence-corrected chi connectivity index (χ4v) is 2.50. The van der Waals surface area contributed by atoms with Crippen LogP contribution in [0.4, 0.5) is 0 Å². The first-order valence-electron chi connectivity index (χ1n) is 6.53. The lowest BCUT2D eigenvalue weighted by molar-refractivity contribution is 0.0788. The average Bonchev–Trinajstić information content (AvgIpc) is 2.88. The van der Waals surface area contributed by atoms with Gasteiger partial charge in [-0.25, -0.2) is 4.68 Å². The second kappa shape index (κ2) is 7.15. The predicted octanol–water partition coefficient (Wildman–Crippen LogP) is 2.98. The van der Waals surface area contributed by atoms with Crippen LogP contribution in [0.1, 0.15) is 16.2 Å². The average molecular weight is 348 g/mol. The first-order chi connectivity index (χ1) is 11.0. The SMILES string of the molecule is Cc1cc(C(=O)N(CC#N)CC#N)nn1-c1ccc(Cl)cc1Cl. The molecule has 1 aromatic heterocycles. The highest BCUT2D eigenvalue weighted by Gasteiger charge is 2.20. The maximum atomic E-state index is 12.4. The summed E-state index contributed by atoms with van der Waals surface area (Å²) < 4.78 is 1.52. The maximum absolute atomic E-state index is 12.4. The first kappa shape index (κ1) is 16.8. The molecule has 116 valence electrons. The second-order valence-electron chi connectivity index (χ2n) is 4.66. The van der Waals surface area contributed by atoms with E-state index in [1.54, 1.807) is 31.2 Å². The molecule has 0 aliphatic carbocycles. The molecule has 1 aromatic carbocycles. The minimum absolute atomic E-state index is 0.138. The molecule has 0 N–H and O–H groups in total. The molecule has 1 heterocycles. The molecular formula is C15H11Cl2N5O. The van der Waals surface area contributed by atoms with E-state index < -0.39 is 5.91 Å². The van der Waals surface area contributed by atoms with Crippen LogP contribution >= 0.6 is 23.2 Å². The van der Waals surface area contributed by atoms with Crippen LogP contribution in [-0.4, -0.2) is 33.7 Å². The Hall–Kier alpha value is -2.54. The summed E-state index contributed by atoms with van der Waals surface area (Å²) in [7, 11) is 0. The Balaban J connectivity index is 2.40. The zero-order valence-corrected chi connectivity index (χ0v) is 13.6. The lowest BCUT2D eigenvalue weighted by Crippen LogP contribution is -2.32. The van der Waals surface area contributed by atoms with E-state index in [4.69, 9.17) is 33.7 Å². The van der Waals surface area contributed by atoms with E-state index in [0.29, 0.717) is 21.4 Å². The Labute approximate surface area is 143 Å². The highest BCUT2D eigenvalue weighted by Crippen LogP contribution is 2.25. The van der Waals surface area contributed by atoms with Crippen molar-refractivity contribution in [2.45, 2.75) is 6.92 Å². The molecule has 0 bridgehead atoms. The number of benzene rings is 1. The molecule has 23 heavy (non-hydrogen) atoms. The van der Waals surface area contributed by atoms with Crippen molar-refractivity contribution >= 4 is 29.1 Å². The Kier molecular flexibility index (Phi) is 5.23. The van der Waals surface area contributed by atoms with Crippen LogP contribution in [0.15, 0.2) is 24.3 Å². The minimum Gasteiger partial charge on any atom is -0.311 e. The van der Waals surface area contributed by atoms with Crippen LogP contribution in [0.25, 0.3) is 5.69 Å². The van der Waals surface area contributed by atoms with Crippen molar-refractivity contribution in [2.24, 2.45) is 0 Å². The number of aryl methyl sites for hydroxylation is 1. The molecule has 0 aliphatic heterocycles. The summed E-state index contributed by atoms with van der Waals surface area (Å²) in [6.45, 7) is 1.41. The Morgan fingerprint density at radius 2 is 1.91 bits per heavy atom. The number of hydrogen-bond acceptors (Lipinski definition) is 4. The summed E-state index contributed by atoms with van der Waals surface area (Å²) in [5, 5.41) is 22.6. The van der Waals surface area contributed by atoms with Gasteiger partial charge in [-0.3, -0.25) is 4.79 Å². The lowest BCUT2D eigenvalue weighted by Gasteiger charge is -2.13. The summed E-state index contributed by atoms with van der Waals surface area (Å²) in [4.78, 5) is 13.5. The summed E-state index contributed by atoms with van der Waals surface area (Å²) >= 11 is 12.0. The molecule has 6 nitrogen and oxygen atoms in total. The van der Waals surface area contributed by atoms with Gasteiger partial charge in [-0.2, -0.15) is 15.6 Å². The maximum Gasteiger partial charge on any atom is 0.276 e. The molecule has 0 radical (unpaired) electrons. The number of hydrogen-bond donors (Lipinski definition) is 0. The van der Waals surface area contributed by atoms with Gasteiger partial charge in [0, 0.05) is 10.7 Å². The monoisotopic (exact) mass is 347 g/mol. The van der Waals surface area contributed by atoms with Gasteiger partial charge in [-0.05, 0) is 31.2 Å². The summed E-state index contributed by atoms with van der Waals surface area (Å²) in [5.41, 5.74) is 1.41. The van der Waals surface area contributed by atoms with Crippen molar-refractivity contribution in [3.63, 3.8) is 0 Å². The van der Waals surface area contributed by atoms with E-state index in [1.807, 2.05) is 12.1 Å². The first-order valence-corrected chi connectivity index (χ1v) is 7.28. The quantitative estimate of drug-likeness (QED) is 0.795. The van der Waals surface area contributed by atoms with Gasteiger partial charge in [-0.15, -0.1) is 0 Å². The van der Waals surface area contributed by atoms with Crippen LogP contribution in [0.3, 0.4) is 0 Å². The van der Waals surface area contributed by atoms with E-state index in [-0.39, 0.29) is 18.8 Å². The third kappa shape index (κ3) is 3.62. The van der Waals surface area contributed by atoms with Crippen LogP contribution < -0.4 is 0 Å².